The summed E-state index contributed by atoms with van der Waals surface area (Å²) in [4.78, 5) is 13.7. The van der Waals surface area contributed by atoms with Crippen molar-refractivity contribution in [1.82, 2.24) is 10.2 Å². The third-order valence-corrected chi connectivity index (χ3v) is 3.45. The number of anilines is 1. The summed E-state index contributed by atoms with van der Waals surface area (Å²) in [7, 11) is 0. The van der Waals surface area contributed by atoms with Crippen LogP contribution >= 0.6 is 11.6 Å². The van der Waals surface area contributed by atoms with Crippen molar-refractivity contribution in [1.29, 1.82) is 0 Å². The largest absolute Gasteiger partial charge is 0.306 e. The van der Waals surface area contributed by atoms with Gasteiger partial charge in [-0.1, -0.05) is 11.6 Å². The fraction of sp³-hybridized carbons (Fsp3) is 0.214. The summed E-state index contributed by atoms with van der Waals surface area (Å²) >= 11 is 5.69. The van der Waals surface area contributed by atoms with E-state index in [1.54, 1.807) is 23.1 Å². The van der Waals surface area contributed by atoms with Gasteiger partial charge >= 0.3 is 0 Å². The van der Waals surface area contributed by atoms with Gasteiger partial charge in [-0.25, -0.2) is 4.39 Å². The molecule has 6 heteroatoms. The molecule has 0 fully saturated rings. The lowest BCUT2D eigenvalue weighted by atomic mass is 10.0. The minimum Gasteiger partial charge on any atom is -0.306 e. The highest BCUT2D eigenvalue weighted by atomic mass is 35.5. The van der Waals surface area contributed by atoms with Crippen LogP contribution in [-0.2, 0) is 17.8 Å². The van der Waals surface area contributed by atoms with Crippen molar-refractivity contribution in [2.75, 3.05) is 4.90 Å². The van der Waals surface area contributed by atoms with E-state index in [0.29, 0.717) is 30.2 Å². The van der Waals surface area contributed by atoms with Crippen LogP contribution in [0.4, 0.5) is 10.1 Å². The minimum absolute atomic E-state index is 0.000795. The molecule has 1 aliphatic rings. The zero-order valence-corrected chi connectivity index (χ0v) is 11.3. The van der Waals surface area contributed by atoms with E-state index in [0.717, 1.165) is 11.3 Å². The molecule has 1 amide bonds. The lowest BCUT2D eigenvalue weighted by molar-refractivity contribution is -0.119. The maximum atomic E-state index is 13.2. The van der Waals surface area contributed by atoms with Crippen molar-refractivity contribution >= 4 is 23.2 Å². The summed E-state index contributed by atoms with van der Waals surface area (Å²) in [5, 5.41) is 8.01. The number of benzene rings is 1. The molecule has 102 valence electrons. The molecule has 0 saturated carbocycles. The van der Waals surface area contributed by atoms with E-state index in [2.05, 4.69) is 10.2 Å². The fourth-order valence-corrected chi connectivity index (χ4v) is 2.39. The molecule has 0 unspecified atom stereocenters. The fourth-order valence-electron chi connectivity index (χ4n) is 2.29. The second-order valence-corrected chi connectivity index (χ2v) is 4.99. The topological polar surface area (TPSA) is 46.1 Å². The van der Waals surface area contributed by atoms with Crippen LogP contribution in [0.1, 0.15) is 17.7 Å². The number of hydrogen-bond donors (Lipinski definition) is 0. The average molecular weight is 292 g/mol. The molecule has 1 aromatic heterocycles. The zero-order chi connectivity index (χ0) is 14.1. The maximum Gasteiger partial charge on any atom is 0.227 e. The monoisotopic (exact) mass is 291 g/mol. The Balaban J connectivity index is 1.93. The molecular formula is C14H11ClFN3O. The van der Waals surface area contributed by atoms with Crippen molar-refractivity contribution in [3.8, 4) is 0 Å². The Bertz CT molecular complexity index is 660. The highest BCUT2D eigenvalue weighted by Gasteiger charge is 2.24. The van der Waals surface area contributed by atoms with Gasteiger partial charge in [-0.05, 0) is 42.3 Å². The first-order chi connectivity index (χ1) is 9.63. The van der Waals surface area contributed by atoms with Crippen LogP contribution in [0.25, 0.3) is 0 Å². The van der Waals surface area contributed by atoms with Crippen molar-refractivity contribution < 1.29 is 9.18 Å². The average Bonchev–Trinajstić information content (AvgIpc) is 2.44. The standard InChI is InChI=1S/C14H11ClFN3O/c15-13-5-3-11(17-18-13)8-19-12-4-2-10(16)7-9(12)1-6-14(19)20/h2-5,7H,1,6,8H2. The number of aryl methyl sites for hydroxylation is 1. The number of hydrogen-bond acceptors (Lipinski definition) is 3. The Hall–Kier alpha value is -2.01. The molecule has 0 bridgehead atoms. The molecule has 0 aliphatic carbocycles. The molecule has 0 atom stereocenters. The number of amides is 1. The summed E-state index contributed by atoms with van der Waals surface area (Å²) < 4.78 is 13.2. The van der Waals surface area contributed by atoms with Crippen LogP contribution in [0.15, 0.2) is 30.3 Å². The number of aromatic nitrogens is 2. The summed E-state index contributed by atoms with van der Waals surface area (Å²) in [5.41, 5.74) is 2.21. The van der Waals surface area contributed by atoms with E-state index in [-0.39, 0.29) is 11.7 Å². The van der Waals surface area contributed by atoms with Gasteiger partial charge in [0.05, 0.1) is 12.2 Å². The summed E-state index contributed by atoms with van der Waals surface area (Å²) in [5.74, 6) is -0.287. The molecule has 20 heavy (non-hydrogen) atoms. The number of nitrogens with zero attached hydrogens (tertiary/aromatic N) is 3. The van der Waals surface area contributed by atoms with Gasteiger partial charge in [0.2, 0.25) is 5.91 Å². The van der Waals surface area contributed by atoms with Gasteiger partial charge in [-0.2, -0.15) is 5.10 Å². The van der Waals surface area contributed by atoms with Crippen LogP contribution in [0, 0.1) is 5.82 Å². The molecular weight excluding hydrogens is 281 g/mol. The van der Waals surface area contributed by atoms with E-state index in [1.807, 2.05) is 0 Å². The molecule has 0 N–H and O–H groups in total. The quantitative estimate of drug-likeness (QED) is 0.855. The Labute approximate surface area is 120 Å². The molecule has 3 rings (SSSR count). The van der Waals surface area contributed by atoms with Crippen LogP contribution in [0.5, 0.6) is 0 Å². The van der Waals surface area contributed by atoms with Gasteiger partial charge in [0.25, 0.3) is 0 Å². The van der Waals surface area contributed by atoms with Gasteiger partial charge in [0.15, 0.2) is 5.15 Å². The molecule has 0 spiro atoms. The van der Waals surface area contributed by atoms with Crippen molar-refractivity contribution in [2.24, 2.45) is 0 Å². The summed E-state index contributed by atoms with van der Waals surface area (Å²) in [6.07, 6.45) is 0.937. The van der Waals surface area contributed by atoms with E-state index in [9.17, 15) is 9.18 Å². The molecule has 0 saturated heterocycles. The van der Waals surface area contributed by atoms with E-state index >= 15 is 0 Å². The Morgan fingerprint density at radius 2 is 2.05 bits per heavy atom. The van der Waals surface area contributed by atoms with Gasteiger partial charge in [0.1, 0.15) is 5.82 Å². The third-order valence-electron chi connectivity index (χ3n) is 3.25. The third kappa shape index (κ3) is 2.49. The summed E-state index contributed by atoms with van der Waals surface area (Å²) in [6.45, 7) is 0.307. The zero-order valence-electron chi connectivity index (χ0n) is 10.5. The van der Waals surface area contributed by atoms with Gasteiger partial charge in [-0.15, -0.1) is 5.10 Å². The van der Waals surface area contributed by atoms with Crippen molar-refractivity contribution in [3.63, 3.8) is 0 Å². The number of fused-ring (bicyclic) bond motifs is 1. The predicted molar refractivity (Wildman–Crippen MR) is 73.0 cm³/mol. The lowest BCUT2D eigenvalue weighted by Crippen LogP contribution is -2.34. The molecule has 2 heterocycles. The van der Waals surface area contributed by atoms with Crippen LogP contribution in [-0.4, -0.2) is 16.1 Å². The van der Waals surface area contributed by atoms with E-state index in [1.165, 1.54) is 12.1 Å². The SMILES string of the molecule is O=C1CCc2cc(F)ccc2N1Cc1ccc(Cl)nn1. The molecule has 4 nitrogen and oxygen atoms in total. The molecule has 1 aromatic carbocycles. The number of rotatable bonds is 2. The van der Waals surface area contributed by atoms with Gasteiger partial charge < -0.3 is 4.90 Å². The highest BCUT2D eigenvalue weighted by Crippen LogP contribution is 2.29. The second kappa shape index (κ2) is 5.17. The number of carbonyl (C=O) groups excluding carboxylic acids is 1. The van der Waals surface area contributed by atoms with Crippen LogP contribution < -0.4 is 4.90 Å². The number of halogens is 2. The first-order valence-corrected chi connectivity index (χ1v) is 6.58. The Kier molecular flexibility index (Phi) is 3.36. The maximum absolute atomic E-state index is 13.2. The van der Waals surface area contributed by atoms with Crippen molar-refractivity contribution in [3.05, 3.63) is 52.6 Å². The smallest absolute Gasteiger partial charge is 0.227 e. The molecule has 0 radical (unpaired) electrons. The van der Waals surface area contributed by atoms with Crippen LogP contribution in [0.3, 0.4) is 0 Å². The Morgan fingerprint density at radius 3 is 2.80 bits per heavy atom. The normalized spacial score (nSPS) is 14.3. The summed E-state index contributed by atoms with van der Waals surface area (Å²) in [6, 6.07) is 7.82. The van der Waals surface area contributed by atoms with Crippen LogP contribution in [0.2, 0.25) is 5.15 Å². The van der Waals surface area contributed by atoms with Crippen molar-refractivity contribution in [2.45, 2.75) is 19.4 Å². The van der Waals surface area contributed by atoms with Gasteiger partial charge in [-0.3, -0.25) is 4.79 Å². The minimum atomic E-state index is -0.288. The van der Waals surface area contributed by atoms with E-state index < -0.39 is 0 Å². The van der Waals surface area contributed by atoms with E-state index in [4.69, 9.17) is 11.6 Å². The van der Waals surface area contributed by atoms with Gasteiger partial charge in [0, 0.05) is 12.1 Å². The predicted octanol–water partition coefficient (Wildman–Crippen LogP) is 2.75. The second-order valence-electron chi connectivity index (χ2n) is 4.60. The lowest BCUT2D eigenvalue weighted by Gasteiger charge is -2.29. The first-order valence-electron chi connectivity index (χ1n) is 6.20. The number of carbonyl (C=O) groups is 1. The molecule has 2 aromatic rings. The first kappa shape index (κ1) is 13.0. The highest BCUT2D eigenvalue weighted by molar-refractivity contribution is 6.29. The molecule has 1 aliphatic heterocycles. The Morgan fingerprint density at radius 1 is 1.20 bits per heavy atom.